The van der Waals surface area contributed by atoms with E-state index in [1.807, 2.05) is 25.1 Å². The average molecular weight is 467 g/mol. The molecule has 1 fully saturated rings. The number of aromatic nitrogens is 2. The monoisotopic (exact) mass is 466 g/mol. The van der Waals surface area contributed by atoms with E-state index in [2.05, 4.69) is 10.3 Å². The molecule has 1 atom stereocenters. The number of amides is 2. The molecule has 1 saturated heterocycles. The van der Waals surface area contributed by atoms with Gasteiger partial charge < -0.3 is 15.0 Å². The van der Waals surface area contributed by atoms with Crippen LogP contribution >= 0.6 is 11.8 Å². The maximum atomic E-state index is 12.7. The van der Waals surface area contributed by atoms with Crippen LogP contribution in [0.1, 0.15) is 18.4 Å². The molecule has 3 aromatic rings. The number of fused-ring (bicyclic) bond motifs is 2. The summed E-state index contributed by atoms with van der Waals surface area (Å²) in [6, 6.07) is 10.8. The van der Waals surface area contributed by atoms with Crippen molar-refractivity contribution < 1.29 is 14.3 Å². The number of nitrogens with zero attached hydrogens (tertiary/aromatic N) is 2. The van der Waals surface area contributed by atoms with Gasteiger partial charge >= 0.3 is 11.8 Å². The van der Waals surface area contributed by atoms with Crippen LogP contribution in [0.15, 0.2) is 50.9 Å². The number of aromatic amines is 1. The molecular weight excluding hydrogens is 444 g/mol. The Bertz CT molecular complexity index is 1400. The van der Waals surface area contributed by atoms with E-state index in [0.29, 0.717) is 47.4 Å². The summed E-state index contributed by atoms with van der Waals surface area (Å²) in [6.45, 7) is 2.49. The summed E-state index contributed by atoms with van der Waals surface area (Å²) in [4.78, 5) is 54.5. The minimum absolute atomic E-state index is 0.0689. The third-order valence-electron chi connectivity index (χ3n) is 5.83. The number of aryl methyl sites for hydroxylation is 1. The molecule has 0 unspecified atom stereocenters. The highest BCUT2D eigenvalue weighted by Crippen LogP contribution is 2.35. The number of anilines is 2. The fourth-order valence-electron chi connectivity index (χ4n) is 4.17. The Morgan fingerprint density at radius 2 is 1.97 bits per heavy atom. The summed E-state index contributed by atoms with van der Waals surface area (Å²) in [7, 11) is 0. The lowest BCUT2D eigenvalue weighted by Crippen LogP contribution is -2.35. The van der Waals surface area contributed by atoms with Crippen LogP contribution in [0.4, 0.5) is 16.2 Å². The predicted molar refractivity (Wildman–Crippen MR) is 126 cm³/mol. The molecule has 1 aromatic heterocycles. The number of hydrogen-bond donors (Lipinski definition) is 2. The fraction of sp³-hybridized carbons (Fsp3) is 0.304. The van der Waals surface area contributed by atoms with E-state index in [1.54, 1.807) is 18.2 Å². The normalized spacial score (nSPS) is 17.7. The zero-order chi connectivity index (χ0) is 23.1. The number of nitrogens with one attached hydrogen (secondary N) is 2. The standard InChI is InChI=1S/C23H22N4O5S/c1-13-4-6-16-17(9-13)25-22(30)26(21(16)29)8-2-3-15-11-27(23(31)32-15)14-5-7-19-18(10-14)24-20(28)12-33-19/h4-7,9-10,15H,2-3,8,11-12H2,1H3,(H,24,28)(H,25,30)/t15-/m1/s1. The van der Waals surface area contributed by atoms with Gasteiger partial charge in [0.25, 0.3) is 5.56 Å². The first-order valence-electron chi connectivity index (χ1n) is 10.7. The SMILES string of the molecule is Cc1ccc2c(=O)n(CCC[C@@H]3CN(c4ccc5c(c4)NC(=O)CS5)C(=O)O3)c(=O)[nH]c2c1. The molecule has 2 N–H and O–H groups in total. The zero-order valence-corrected chi connectivity index (χ0v) is 18.7. The van der Waals surface area contributed by atoms with Crippen LogP contribution in [0.25, 0.3) is 10.9 Å². The lowest BCUT2D eigenvalue weighted by atomic mass is 10.1. The van der Waals surface area contributed by atoms with Crippen LogP contribution in [0, 0.1) is 6.92 Å². The number of carbonyl (C=O) groups excluding carboxylic acids is 2. The van der Waals surface area contributed by atoms with Gasteiger partial charge in [0.05, 0.1) is 28.9 Å². The molecule has 2 aliphatic rings. The Morgan fingerprint density at radius 3 is 2.82 bits per heavy atom. The maximum Gasteiger partial charge on any atom is 0.414 e. The number of H-pyrrole nitrogens is 1. The number of cyclic esters (lactones) is 1. The molecule has 2 amide bonds. The van der Waals surface area contributed by atoms with Crippen LogP contribution < -0.4 is 21.5 Å². The number of thioether (sulfide) groups is 1. The molecular formula is C23H22N4O5S. The number of carbonyl (C=O) groups is 2. The Labute approximate surface area is 192 Å². The highest BCUT2D eigenvalue weighted by Gasteiger charge is 2.32. The molecule has 0 aliphatic carbocycles. The molecule has 3 heterocycles. The van der Waals surface area contributed by atoms with Crippen LogP contribution in [0.5, 0.6) is 0 Å². The van der Waals surface area contributed by atoms with Crippen LogP contribution in [0.2, 0.25) is 0 Å². The second-order valence-corrected chi connectivity index (χ2v) is 9.23. The van der Waals surface area contributed by atoms with Gasteiger partial charge in [0.15, 0.2) is 0 Å². The van der Waals surface area contributed by atoms with E-state index in [0.717, 1.165) is 10.5 Å². The minimum Gasteiger partial charge on any atom is -0.444 e. The quantitative estimate of drug-likeness (QED) is 0.598. The third-order valence-corrected chi connectivity index (χ3v) is 6.90. The average Bonchev–Trinajstić information content (AvgIpc) is 3.15. The molecule has 0 radical (unpaired) electrons. The van der Waals surface area contributed by atoms with Crippen molar-refractivity contribution in [3.05, 3.63) is 62.8 Å². The summed E-state index contributed by atoms with van der Waals surface area (Å²) in [5, 5.41) is 3.29. The van der Waals surface area contributed by atoms with Crippen molar-refractivity contribution in [3.8, 4) is 0 Å². The van der Waals surface area contributed by atoms with Gasteiger partial charge in [0.2, 0.25) is 5.91 Å². The molecule has 2 aromatic carbocycles. The first-order chi connectivity index (χ1) is 15.9. The van der Waals surface area contributed by atoms with Crippen molar-refractivity contribution in [2.45, 2.75) is 37.3 Å². The lowest BCUT2D eigenvalue weighted by molar-refractivity contribution is -0.113. The Morgan fingerprint density at radius 1 is 1.12 bits per heavy atom. The highest BCUT2D eigenvalue weighted by molar-refractivity contribution is 8.00. The van der Waals surface area contributed by atoms with E-state index < -0.39 is 11.8 Å². The van der Waals surface area contributed by atoms with Crippen molar-refractivity contribution >= 4 is 46.0 Å². The Kier molecular flexibility index (Phi) is 5.45. The number of ether oxygens (including phenoxy) is 1. The van der Waals surface area contributed by atoms with Gasteiger partial charge in [-0.1, -0.05) is 6.07 Å². The van der Waals surface area contributed by atoms with E-state index in [-0.39, 0.29) is 24.1 Å². The number of benzene rings is 2. The van der Waals surface area contributed by atoms with Crippen LogP contribution in [-0.2, 0) is 16.1 Å². The first-order valence-corrected chi connectivity index (χ1v) is 11.7. The topological polar surface area (TPSA) is 114 Å². The van der Waals surface area contributed by atoms with E-state index in [1.165, 1.54) is 21.2 Å². The molecule has 0 spiro atoms. The van der Waals surface area contributed by atoms with Gasteiger partial charge in [0.1, 0.15) is 6.10 Å². The van der Waals surface area contributed by atoms with Crippen molar-refractivity contribution in [2.24, 2.45) is 0 Å². The Balaban J connectivity index is 1.25. The summed E-state index contributed by atoms with van der Waals surface area (Å²) in [5.74, 6) is 0.309. The first kappa shape index (κ1) is 21.3. The van der Waals surface area contributed by atoms with Gasteiger partial charge in [-0.05, 0) is 55.7 Å². The van der Waals surface area contributed by atoms with E-state index >= 15 is 0 Å². The molecule has 5 rings (SSSR count). The molecule has 33 heavy (non-hydrogen) atoms. The van der Waals surface area contributed by atoms with E-state index in [9.17, 15) is 19.2 Å². The van der Waals surface area contributed by atoms with Gasteiger partial charge in [-0.25, -0.2) is 9.59 Å². The molecule has 10 heteroatoms. The largest absolute Gasteiger partial charge is 0.444 e. The van der Waals surface area contributed by atoms with Gasteiger partial charge in [-0.2, -0.15) is 0 Å². The molecule has 9 nitrogen and oxygen atoms in total. The van der Waals surface area contributed by atoms with Gasteiger partial charge in [0, 0.05) is 17.1 Å². The van der Waals surface area contributed by atoms with Crippen LogP contribution in [0.3, 0.4) is 0 Å². The maximum absolute atomic E-state index is 12.7. The minimum atomic E-state index is -0.453. The van der Waals surface area contributed by atoms with Gasteiger partial charge in [-0.3, -0.25) is 19.1 Å². The second-order valence-electron chi connectivity index (χ2n) is 8.21. The predicted octanol–water partition coefficient (Wildman–Crippen LogP) is 2.85. The number of hydrogen-bond acceptors (Lipinski definition) is 6. The molecule has 0 saturated carbocycles. The van der Waals surface area contributed by atoms with Crippen molar-refractivity contribution in [1.29, 1.82) is 0 Å². The summed E-state index contributed by atoms with van der Waals surface area (Å²) < 4.78 is 6.69. The molecule has 170 valence electrons. The van der Waals surface area contributed by atoms with Crippen molar-refractivity contribution in [3.63, 3.8) is 0 Å². The highest BCUT2D eigenvalue weighted by atomic mass is 32.2. The Hall–Kier alpha value is -3.53. The third kappa shape index (κ3) is 4.13. The smallest absolute Gasteiger partial charge is 0.414 e. The molecule has 2 aliphatic heterocycles. The van der Waals surface area contributed by atoms with Gasteiger partial charge in [-0.15, -0.1) is 11.8 Å². The summed E-state index contributed by atoms with van der Waals surface area (Å²) >= 11 is 1.46. The lowest BCUT2D eigenvalue weighted by Gasteiger charge is -2.20. The fourth-order valence-corrected chi connectivity index (χ4v) is 4.96. The summed E-state index contributed by atoms with van der Waals surface area (Å²) in [6.07, 6.45) is 0.210. The van der Waals surface area contributed by atoms with Crippen molar-refractivity contribution in [2.75, 3.05) is 22.5 Å². The zero-order valence-electron chi connectivity index (χ0n) is 17.9. The second kappa shape index (κ2) is 8.43. The van der Waals surface area contributed by atoms with Crippen LogP contribution in [-0.4, -0.2) is 40.0 Å². The number of rotatable bonds is 5. The summed E-state index contributed by atoms with van der Waals surface area (Å²) in [5.41, 5.74) is 2.06. The molecule has 0 bridgehead atoms. The van der Waals surface area contributed by atoms with Crippen molar-refractivity contribution in [1.82, 2.24) is 9.55 Å². The van der Waals surface area contributed by atoms with E-state index in [4.69, 9.17) is 4.74 Å².